The van der Waals surface area contributed by atoms with E-state index in [-0.39, 0.29) is 6.61 Å². The fraction of sp³-hybridized carbons (Fsp3) is 0.200. The number of nitrogens with zero attached hydrogens (tertiary/aromatic N) is 2. The lowest BCUT2D eigenvalue weighted by Gasteiger charge is -2.26. The first-order valence-electron chi connectivity index (χ1n) is 14.0. The second-order valence-corrected chi connectivity index (χ2v) is 9.62. The van der Waals surface area contributed by atoms with Crippen LogP contribution in [0.25, 0.3) is 11.5 Å². The molecule has 214 valence electrons. The summed E-state index contributed by atoms with van der Waals surface area (Å²) in [6.07, 6.45) is 0.631. The van der Waals surface area contributed by atoms with Gasteiger partial charge in [-0.2, -0.15) is 0 Å². The van der Waals surface area contributed by atoms with Crippen LogP contribution in [0.3, 0.4) is 0 Å². The number of anilines is 2. The van der Waals surface area contributed by atoms with E-state index >= 15 is 0 Å². The highest BCUT2D eigenvalue weighted by molar-refractivity contribution is 5.94. The van der Waals surface area contributed by atoms with Crippen molar-refractivity contribution in [3.05, 3.63) is 126 Å². The molecule has 0 spiro atoms. The van der Waals surface area contributed by atoms with Crippen LogP contribution >= 0.6 is 0 Å². The minimum absolute atomic E-state index is 0.282. The molecule has 4 aromatic carbocycles. The molecule has 0 unspecified atom stereocenters. The Bertz CT molecular complexity index is 1600. The molecule has 0 fully saturated rings. The first kappa shape index (κ1) is 28.5. The molecule has 7 nitrogen and oxygen atoms in total. The van der Waals surface area contributed by atoms with Crippen LogP contribution in [0.2, 0.25) is 0 Å². The van der Waals surface area contributed by atoms with E-state index in [1.165, 1.54) is 0 Å². The largest absolute Gasteiger partial charge is 0.496 e. The molecule has 1 heterocycles. The number of carbonyl (C=O) groups excluding carboxylic acids is 1. The zero-order valence-electron chi connectivity index (χ0n) is 24.1. The van der Waals surface area contributed by atoms with Crippen LogP contribution in [0.1, 0.15) is 34.3 Å². The van der Waals surface area contributed by atoms with Gasteiger partial charge in [-0.05, 0) is 74.0 Å². The molecule has 0 amide bonds. The lowest BCUT2D eigenvalue weighted by atomic mass is 10.0. The Morgan fingerprint density at radius 3 is 2.24 bits per heavy atom. The van der Waals surface area contributed by atoms with Crippen LogP contribution < -0.4 is 14.4 Å². The number of hydrogen-bond donors (Lipinski definition) is 0. The van der Waals surface area contributed by atoms with Gasteiger partial charge in [-0.15, -0.1) is 0 Å². The monoisotopic (exact) mass is 562 g/mol. The van der Waals surface area contributed by atoms with Crippen molar-refractivity contribution >= 4 is 17.3 Å². The molecule has 5 rings (SSSR count). The van der Waals surface area contributed by atoms with E-state index in [0.717, 1.165) is 39.7 Å². The van der Waals surface area contributed by atoms with Crippen molar-refractivity contribution in [2.24, 2.45) is 0 Å². The smallest absolute Gasteiger partial charge is 0.342 e. The van der Waals surface area contributed by atoms with Crippen molar-refractivity contribution in [3.63, 3.8) is 0 Å². The minimum atomic E-state index is -0.403. The second-order valence-electron chi connectivity index (χ2n) is 9.62. The summed E-state index contributed by atoms with van der Waals surface area (Å²) in [5.74, 6) is 2.26. The lowest BCUT2D eigenvalue weighted by molar-refractivity contribution is 0.0521. The minimum Gasteiger partial charge on any atom is -0.496 e. The molecular weight excluding hydrogens is 528 g/mol. The molecular formula is C35H34N2O5. The van der Waals surface area contributed by atoms with Gasteiger partial charge in [-0.25, -0.2) is 9.78 Å². The van der Waals surface area contributed by atoms with E-state index in [9.17, 15) is 4.79 Å². The van der Waals surface area contributed by atoms with E-state index in [1.807, 2.05) is 104 Å². The summed E-state index contributed by atoms with van der Waals surface area (Å²) in [4.78, 5) is 19.7. The second kappa shape index (κ2) is 13.5. The number of esters is 1. The zero-order chi connectivity index (χ0) is 29.3. The molecule has 5 aromatic rings. The molecule has 0 saturated carbocycles. The zero-order valence-corrected chi connectivity index (χ0v) is 24.1. The number of aromatic nitrogens is 1. The number of hydrogen-bond acceptors (Lipinski definition) is 7. The molecule has 0 bridgehead atoms. The average molecular weight is 563 g/mol. The summed E-state index contributed by atoms with van der Waals surface area (Å²) in [7, 11) is 1.56. The van der Waals surface area contributed by atoms with Crippen molar-refractivity contribution in [2.75, 3.05) is 25.2 Å². The predicted octanol–water partition coefficient (Wildman–Crippen LogP) is 7.80. The summed E-state index contributed by atoms with van der Waals surface area (Å²) in [5.41, 5.74) is 5.01. The quantitative estimate of drug-likeness (QED) is 0.144. The molecule has 1 aromatic heterocycles. The third-order valence-corrected chi connectivity index (χ3v) is 6.88. The number of ether oxygens (including phenoxy) is 3. The highest BCUT2D eigenvalue weighted by atomic mass is 16.5. The first-order chi connectivity index (χ1) is 20.6. The maximum atomic E-state index is 12.9. The topological polar surface area (TPSA) is 74.0 Å². The Kier molecular flexibility index (Phi) is 9.19. The maximum absolute atomic E-state index is 12.9. The van der Waals surface area contributed by atoms with E-state index < -0.39 is 5.97 Å². The third-order valence-electron chi connectivity index (χ3n) is 6.88. The first-order valence-corrected chi connectivity index (χ1v) is 14.0. The fourth-order valence-electron chi connectivity index (χ4n) is 4.78. The van der Waals surface area contributed by atoms with E-state index in [2.05, 4.69) is 9.88 Å². The van der Waals surface area contributed by atoms with Gasteiger partial charge in [0.2, 0.25) is 5.89 Å². The molecule has 0 aliphatic carbocycles. The highest BCUT2D eigenvalue weighted by Crippen LogP contribution is 2.32. The third kappa shape index (κ3) is 6.63. The van der Waals surface area contributed by atoms with Gasteiger partial charge < -0.3 is 23.5 Å². The summed E-state index contributed by atoms with van der Waals surface area (Å²) >= 11 is 0. The molecule has 0 aliphatic heterocycles. The van der Waals surface area contributed by atoms with E-state index in [0.29, 0.717) is 36.8 Å². The predicted molar refractivity (Wildman–Crippen MR) is 164 cm³/mol. The molecule has 0 atom stereocenters. The van der Waals surface area contributed by atoms with Gasteiger partial charge in [-0.1, -0.05) is 48.5 Å². The summed E-state index contributed by atoms with van der Waals surface area (Å²) in [6, 6.07) is 33.4. The van der Waals surface area contributed by atoms with Crippen molar-refractivity contribution < 1.29 is 23.4 Å². The van der Waals surface area contributed by atoms with Gasteiger partial charge in [0, 0.05) is 29.9 Å². The number of methoxy groups -OCH3 is 1. The van der Waals surface area contributed by atoms with Crippen LogP contribution in [-0.2, 0) is 17.7 Å². The van der Waals surface area contributed by atoms with Gasteiger partial charge >= 0.3 is 5.97 Å². The van der Waals surface area contributed by atoms with Crippen molar-refractivity contribution in [1.29, 1.82) is 0 Å². The number of aryl methyl sites for hydroxylation is 1. The van der Waals surface area contributed by atoms with Gasteiger partial charge in [-0.3, -0.25) is 0 Å². The van der Waals surface area contributed by atoms with Crippen molar-refractivity contribution in [1.82, 2.24) is 4.98 Å². The highest BCUT2D eigenvalue weighted by Gasteiger charge is 2.21. The number of oxazole rings is 1. The Hall–Kier alpha value is -5.04. The van der Waals surface area contributed by atoms with Gasteiger partial charge in [0.25, 0.3) is 0 Å². The lowest BCUT2D eigenvalue weighted by Crippen LogP contribution is -2.19. The summed E-state index contributed by atoms with van der Waals surface area (Å²) in [5, 5.41) is 0. The molecule has 0 radical (unpaired) electrons. The summed E-state index contributed by atoms with van der Waals surface area (Å²) < 4.78 is 22.8. The molecule has 7 heteroatoms. The molecule has 0 saturated heterocycles. The maximum Gasteiger partial charge on any atom is 0.342 e. The standard InChI is InChI=1S/C35H34N2O5/c1-4-40-35(38)33-27(14-11-17-32(33)39-3)24-37(28-15-9-6-10-16-28)29-18-20-30(21-19-29)41-23-22-31-25(2)42-34(36-31)26-12-7-5-8-13-26/h5-21H,4,22-24H2,1-3H3. The van der Waals surface area contributed by atoms with Crippen LogP contribution in [0.4, 0.5) is 11.4 Å². The fourth-order valence-corrected chi connectivity index (χ4v) is 4.78. The normalized spacial score (nSPS) is 10.7. The Morgan fingerprint density at radius 2 is 1.55 bits per heavy atom. The van der Waals surface area contributed by atoms with Crippen molar-refractivity contribution in [2.45, 2.75) is 26.8 Å². The van der Waals surface area contributed by atoms with Crippen LogP contribution in [0.5, 0.6) is 11.5 Å². The molecule has 0 N–H and O–H groups in total. The molecule has 42 heavy (non-hydrogen) atoms. The number of rotatable bonds is 12. The van der Waals surface area contributed by atoms with Crippen molar-refractivity contribution in [3.8, 4) is 23.0 Å². The number of benzene rings is 4. The number of carbonyl (C=O) groups is 1. The van der Waals surface area contributed by atoms with Gasteiger partial charge in [0.05, 0.1) is 26.0 Å². The number of para-hydroxylation sites is 1. The Labute approximate surface area is 246 Å². The van der Waals surface area contributed by atoms with Crippen LogP contribution in [-0.4, -0.2) is 31.3 Å². The molecule has 0 aliphatic rings. The Morgan fingerprint density at radius 1 is 0.857 bits per heavy atom. The average Bonchev–Trinajstić information content (AvgIpc) is 3.41. The Balaban J connectivity index is 1.32. The van der Waals surface area contributed by atoms with E-state index in [1.54, 1.807) is 20.1 Å². The van der Waals surface area contributed by atoms with E-state index in [4.69, 9.17) is 18.6 Å². The van der Waals surface area contributed by atoms with Gasteiger partial charge in [0.1, 0.15) is 22.8 Å². The SMILES string of the molecule is CCOC(=O)c1c(CN(c2ccccc2)c2ccc(OCCc3nc(-c4ccccc4)oc3C)cc2)cccc1OC. The van der Waals surface area contributed by atoms with Crippen LogP contribution in [0.15, 0.2) is 108 Å². The summed E-state index contributed by atoms with van der Waals surface area (Å²) in [6.45, 7) is 4.91. The van der Waals surface area contributed by atoms with Crippen LogP contribution in [0, 0.1) is 6.92 Å². The van der Waals surface area contributed by atoms with Gasteiger partial charge in [0.15, 0.2) is 0 Å².